The molecule has 0 bridgehead atoms. The van der Waals surface area contributed by atoms with E-state index < -0.39 is 0 Å². The molecule has 0 unspecified atom stereocenters. The molecule has 0 amide bonds. The average molecular weight is 125 g/mol. The van der Waals surface area contributed by atoms with Crippen LogP contribution in [0, 0.1) is 0 Å². The van der Waals surface area contributed by atoms with Gasteiger partial charge in [-0.15, -0.1) is 0 Å². The van der Waals surface area contributed by atoms with E-state index in [0.717, 1.165) is 13.0 Å². The summed E-state index contributed by atoms with van der Waals surface area (Å²) >= 11 is 0. The fourth-order valence-corrected chi connectivity index (χ4v) is 0.671. The monoisotopic (exact) mass is 125 g/mol. The Kier molecular flexibility index (Phi) is 4.98. The Morgan fingerprint density at radius 3 is 2.56 bits per heavy atom. The average Bonchev–Trinajstić information content (AvgIpc) is 1.88. The Balaban J connectivity index is 3.66. The lowest BCUT2D eigenvalue weighted by Crippen LogP contribution is -2.10. The van der Waals surface area contributed by atoms with Crippen LogP contribution in [0.1, 0.15) is 20.3 Å². The zero-order valence-corrected chi connectivity index (χ0v) is 6.28. The first-order chi connectivity index (χ1) is 4.35. The maximum Gasteiger partial charge on any atom is 0.0115 e. The first-order valence-corrected chi connectivity index (χ1v) is 3.40. The highest BCUT2D eigenvalue weighted by molar-refractivity contribution is 5.07. The number of allylic oxidation sites excluding steroid dienone is 3. The van der Waals surface area contributed by atoms with E-state index in [1.54, 1.807) is 0 Å². The minimum atomic E-state index is 0.994. The van der Waals surface area contributed by atoms with Crippen LogP contribution in [-0.2, 0) is 0 Å². The van der Waals surface area contributed by atoms with Crippen LogP contribution in [0.15, 0.2) is 24.4 Å². The smallest absolute Gasteiger partial charge is 0.0115 e. The first kappa shape index (κ1) is 8.28. The number of hydrogen-bond acceptors (Lipinski definition) is 1. The third-order valence-corrected chi connectivity index (χ3v) is 1.10. The van der Waals surface area contributed by atoms with Gasteiger partial charge in [-0.1, -0.05) is 19.6 Å². The molecule has 9 heavy (non-hydrogen) atoms. The van der Waals surface area contributed by atoms with Gasteiger partial charge in [0.15, 0.2) is 0 Å². The van der Waals surface area contributed by atoms with E-state index in [1.165, 1.54) is 5.70 Å². The highest BCUT2D eigenvalue weighted by atomic mass is 14.9. The third-order valence-electron chi connectivity index (χ3n) is 1.10. The standard InChI is InChI=1S/C8H15N/c1-4-7-8(5-2)9-6-3/h4,7,9H,1,5-6H2,2-3H3/b8-7+. The highest BCUT2D eigenvalue weighted by Gasteiger charge is 1.84. The molecule has 0 saturated heterocycles. The number of rotatable bonds is 4. The molecule has 52 valence electrons. The lowest BCUT2D eigenvalue weighted by atomic mass is 10.3. The number of hydrogen-bond donors (Lipinski definition) is 1. The Labute approximate surface area is 57.5 Å². The minimum absolute atomic E-state index is 0.994. The molecule has 0 rings (SSSR count). The number of nitrogens with one attached hydrogen (secondary N) is 1. The first-order valence-electron chi connectivity index (χ1n) is 3.40. The molecule has 1 nitrogen and oxygen atoms in total. The van der Waals surface area contributed by atoms with Gasteiger partial charge in [-0.2, -0.15) is 0 Å². The molecule has 0 aromatic heterocycles. The molecular formula is C8H15N. The van der Waals surface area contributed by atoms with Crippen molar-refractivity contribution in [3.63, 3.8) is 0 Å². The van der Waals surface area contributed by atoms with Crippen molar-refractivity contribution in [1.82, 2.24) is 5.32 Å². The maximum absolute atomic E-state index is 3.61. The van der Waals surface area contributed by atoms with Crippen LogP contribution in [0.5, 0.6) is 0 Å². The fourth-order valence-electron chi connectivity index (χ4n) is 0.671. The van der Waals surface area contributed by atoms with E-state index in [4.69, 9.17) is 0 Å². The van der Waals surface area contributed by atoms with Crippen molar-refractivity contribution < 1.29 is 0 Å². The summed E-state index contributed by atoms with van der Waals surface area (Å²) in [5, 5.41) is 3.22. The van der Waals surface area contributed by atoms with Crippen molar-refractivity contribution in [2.45, 2.75) is 20.3 Å². The van der Waals surface area contributed by atoms with Gasteiger partial charge < -0.3 is 5.32 Å². The van der Waals surface area contributed by atoms with E-state index in [2.05, 4.69) is 25.7 Å². The third kappa shape index (κ3) is 3.83. The Hall–Kier alpha value is -0.720. The van der Waals surface area contributed by atoms with Crippen molar-refractivity contribution in [2.75, 3.05) is 6.54 Å². The maximum atomic E-state index is 3.61. The fraction of sp³-hybridized carbons (Fsp3) is 0.500. The van der Waals surface area contributed by atoms with Crippen molar-refractivity contribution in [2.24, 2.45) is 0 Å². The Morgan fingerprint density at radius 2 is 2.22 bits per heavy atom. The Bertz CT molecular complexity index is 103. The SMILES string of the molecule is C=C/C=C(\CC)NCC. The molecule has 0 radical (unpaired) electrons. The van der Waals surface area contributed by atoms with Crippen molar-refractivity contribution in [3.8, 4) is 0 Å². The van der Waals surface area contributed by atoms with Crippen LogP contribution >= 0.6 is 0 Å². The van der Waals surface area contributed by atoms with Crippen LogP contribution < -0.4 is 5.32 Å². The summed E-state index contributed by atoms with van der Waals surface area (Å²) < 4.78 is 0. The zero-order valence-electron chi connectivity index (χ0n) is 6.28. The van der Waals surface area contributed by atoms with E-state index in [1.807, 2.05) is 12.2 Å². The van der Waals surface area contributed by atoms with Crippen molar-refractivity contribution in [3.05, 3.63) is 24.4 Å². The summed E-state index contributed by atoms with van der Waals surface area (Å²) in [6.45, 7) is 8.82. The summed E-state index contributed by atoms with van der Waals surface area (Å²) in [6.07, 6.45) is 4.87. The molecule has 0 aliphatic heterocycles. The molecule has 1 N–H and O–H groups in total. The van der Waals surface area contributed by atoms with Crippen molar-refractivity contribution >= 4 is 0 Å². The van der Waals surface area contributed by atoms with E-state index >= 15 is 0 Å². The molecule has 1 heteroatoms. The molecular weight excluding hydrogens is 110 g/mol. The van der Waals surface area contributed by atoms with Crippen LogP contribution in [0.4, 0.5) is 0 Å². The molecule has 0 aromatic carbocycles. The molecule has 0 spiro atoms. The van der Waals surface area contributed by atoms with Gasteiger partial charge in [-0.05, 0) is 19.4 Å². The van der Waals surface area contributed by atoms with Crippen LogP contribution in [0.3, 0.4) is 0 Å². The topological polar surface area (TPSA) is 12.0 Å². The van der Waals surface area contributed by atoms with Gasteiger partial charge in [0.05, 0.1) is 0 Å². The van der Waals surface area contributed by atoms with Crippen LogP contribution in [-0.4, -0.2) is 6.54 Å². The highest BCUT2D eigenvalue weighted by Crippen LogP contribution is 1.93. The Morgan fingerprint density at radius 1 is 1.56 bits per heavy atom. The summed E-state index contributed by atoms with van der Waals surface area (Å²) in [4.78, 5) is 0. The second-order valence-electron chi connectivity index (χ2n) is 1.81. The second-order valence-corrected chi connectivity index (χ2v) is 1.81. The van der Waals surface area contributed by atoms with Gasteiger partial charge in [0.25, 0.3) is 0 Å². The molecule has 0 fully saturated rings. The van der Waals surface area contributed by atoms with E-state index in [-0.39, 0.29) is 0 Å². The second kappa shape index (κ2) is 5.42. The van der Waals surface area contributed by atoms with Crippen LogP contribution in [0.25, 0.3) is 0 Å². The predicted octanol–water partition coefficient (Wildman–Crippen LogP) is 2.08. The molecule has 0 aliphatic carbocycles. The molecule has 0 atom stereocenters. The quantitative estimate of drug-likeness (QED) is 0.567. The molecule has 0 aliphatic rings. The summed E-state index contributed by atoms with van der Waals surface area (Å²) in [6, 6.07) is 0. The normalized spacial score (nSPS) is 11.1. The largest absolute Gasteiger partial charge is 0.389 e. The summed E-state index contributed by atoms with van der Waals surface area (Å²) in [5.41, 5.74) is 1.26. The van der Waals surface area contributed by atoms with Crippen molar-refractivity contribution in [1.29, 1.82) is 0 Å². The lowest BCUT2D eigenvalue weighted by molar-refractivity contribution is 0.807. The van der Waals surface area contributed by atoms with E-state index in [0.29, 0.717) is 0 Å². The molecule has 0 aromatic rings. The predicted molar refractivity (Wildman–Crippen MR) is 42.2 cm³/mol. The van der Waals surface area contributed by atoms with Gasteiger partial charge in [-0.25, -0.2) is 0 Å². The summed E-state index contributed by atoms with van der Waals surface area (Å²) in [7, 11) is 0. The lowest BCUT2D eigenvalue weighted by Gasteiger charge is -2.03. The molecule has 0 heterocycles. The van der Waals surface area contributed by atoms with Gasteiger partial charge in [0.2, 0.25) is 0 Å². The summed E-state index contributed by atoms with van der Waals surface area (Å²) in [5.74, 6) is 0. The van der Waals surface area contributed by atoms with Gasteiger partial charge >= 0.3 is 0 Å². The van der Waals surface area contributed by atoms with Crippen LogP contribution in [0.2, 0.25) is 0 Å². The minimum Gasteiger partial charge on any atom is -0.389 e. The molecule has 0 saturated carbocycles. The van der Waals surface area contributed by atoms with Gasteiger partial charge in [0, 0.05) is 12.2 Å². The van der Waals surface area contributed by atoms with Gasteiger partial charge in [-0.3, -0.25) is 0 Å². The van der Waals surface area contributed by atoms with Gasteiger partial charge in [0.1, 0.15) is 0 Å². The zero-order chi connectivity index (χ0) is 7.11. The van der Waals surface area contributed by atoms with E-state index in [9.17, 15) is 0 Å².